The number of nitrogens with zero attached hydrogens (tertiary/aromatic N) is 2. The molecule has 0 atom stereocenters. The lowest BCUT2D eigenvalue weighted by Gasteiger charge is -2.36. The predicted molar refractivity (Wildman–Crippen MR) is 102 cm³/mol. The number of piperazine rings is 1. The van der Waals surface area contributed by atoms with Crippen LogP contribution in [0, 0.1) is 0 Å². The molecule has 2 aromatic carbocycles. The maximum absolute atomic E-state index is 12.4. The summed E-state index contributed by atoms with van der Waals surface area (Å²) < 4.78 is 41.1. The normalized spacial score (nSPS) is 14.6. The number of ether oxygens (including phenoxy) is 1. The maximum atomic E-state index is 12.4. The first-order chi connectivity index (χ1) is 13.8. The summed E-state index contributed by atoms with van der Waals surface area (Å²) in [5.41, 5.74) is 1.67. The zero-order chi connectivity index (χ0) is 20.9. The molecule has 0 aliphatic carbocycles. The standard InChI is InChI=1S/C20H22F3N3O3/c21-20(22,23)14-29-18-6-4-15(5-7-18)13-24-19(28)26-10-8-25(9-11-26)16-2-1-3-17(27)12-16/h1-7,12,27H,8-11,13-14H2,(H,24,28). The summed E-state index contributed by atoms with van der Waals surface area (Å²) in [4.78, 5) is 16.2. The molecule has 1 fully saturated rings. The van der Waals surface area contributed by atoms with E-state index < -0.39 is 12.8 Å². The molecule has 0 saturated carbocycles. The molecule has 2 N–H and O–H groups in total. The Morgan fingerprint density at radius 2 is 1.76 bits per heavy atom. The molecule has 0 radical (unpaired) electrons. The Hall–Kier alpha value is -3.10. The van der Waals surface area contributed by atoms with Crippen LogP contribution < -0.4 is 15.0 Å². The van der Waals surface area contributed by atoms with Crippen molar-refractivity contribution in [3.05, 3.63) is 54.1 Å². The molecule has 6 nitrogen and oxygen atoms in total. The van der Waals surface area contributed by atoms with Crippen molar-refractivity contribution in [3.63, 3.8) is 0 Å². The lowest BCUT2D eigenvalue weighted by Crippen LogP contribution is -2.51. The first-order valence-electron chi connectivity index (χ1n) is 9.15. The van der Waals surface area contributed by atoms with Gasteiger partial charge in [-0.15, -0.1) is 0 Å². The number of hydrogen-bond acceptors (Lipinski definition) is 4. The van der Waals surface area contributed by atoms with E-state index in [9.17, 15) is 23.1 Å². The average Bonchev–Trinajstić information content (AvgIpc) is 2.71. The average molecular weight is 409 g/mol. The maximum Gasteiger partial charge on any atom is 0.422 e. The lowest BCUT2D eigenvalue weighted by molar-refractivity contribution is -0.153. The molecule has 1 saturated heterocycles. The van der Waals surface area contributed by atoms with Crippen molar-refractivity contribution >= 4 is 11.7 Å². The summed E-state index contributed by atoms with van der Waals surface area (Å²) >= 11 is 0. The van der Waals surface area contributed by atoms with Crippen molar-refractivity contribution in [1.29, 1.82) is 0 Å². The number of amides is 2. The van der Waals surface area contributed by atoms with Gasteiger partial charge in [0.25, 0.3) is 0 Å². The Kier molecular flexibility index (Phi) is 6.36. The third kappa shape index (κ3) is 6.20. The van der Waals surface area contributed by atoms with E-state index in [0.717, 1.165) is 11.3 Å². The third-order valence-electron chi connectivity index (χ3n) is 4.53. The van der Waals surface area contributed by atoms with Gasteiger partial charge in [-0.2, -0.15) is 13.2 Å². The second-order valence-corrected chi connectivity index (χ2v) is 6.70. The summed E-state index contributed by atoms with van der Waals surface area (Å²) in [6.07, 6.45) is -4.38. The van der Waals surface area contributed by atoms with Crippen molar-refractivity contribution in [3.8, 4) is 11.5 Å². The summed E-state index contributed by atoms with van der Waals surface area (Å²) in [5, 5.41) is 12.4. The fraction of sp³-hybridized carbons (Fsp3) is 0.350. The number of alkyl halides is 3. The van der Waals surface area contributed by atoms with Crippen LogP contribution in [0.15, 0.2) is 48.5 Å². The van der Waals surface area contributed by atoms with E-state index in [1.165, 1.54) is 12.1 Å². The summed E-state index contributed by atoms with van der Waals surface area (Å²) in [7, 11) is 0. The van der Waals surface area contributed by atoms with Crippen LogP contribution in [0.3, 0.4) is 0 Å². The minimum absolute atomic E-state index is 0.125. The van der Waals surface area contributed by atoms with Gasteiger partial charge in [-0.3, -0.25) is 0 Å². The van der Waals surface area contributed by atoms with E-state index in [1.54, 1.807) is 35.2 Å². The number of phenols is 1. The van der Waals surface area contributed by atoms with E-state index >= 15 is 0 Å². The molecule has 9 heteroatoms. The fourth-order valence-electron chi connectivity index (χ4n) is 3.02. The molecule has 1 aliphatic rings. The summed E-state index contributed by atoms with van der Waals surface area (Å²) in [5.74, 6) is 0.331. The van der Waals surface area contributed by atoms with Crippen molar-refractivity contribution in [2.24, 2.45) is 0 Å². The highest BCUT2D eigenvalue weighted by atomic mass is 19.4. The molecular formula is C20H22F3N3O3. The number of carbonyl (C=O) groups excluding carboxylic acids is 1. The molecule has 0 spiro atoms. The van der Waals surface area contributed by atoms with Crippen LogP contribution in [0.2, 0.25) is 0 Å². The van der Waals surface area contributed by atoms with E-state index in [2.05, 4.69) is 15.0 Å². The highest BCUT2D eigenvalue weighted by Gasteiger charge is 2.28. The number of rotatable bonds is 5. The van der Waals surface area contributed by atoms with E-state index in [0.29, 0.717) is 26.2 Å². The zero-order valence-corrected chi connectivity index (χ0v) is 15.7. The Morgan fingerprint density at radius 1 is 1.07 bits per heavy atom. The van der Waals surface area contributed by atoms with Gasteiger partial charge in [0.1, 0.15) is 11.5 Å². The van der Waals surface area contributed by atoms with Gasteiger partial charge in [-0.05, 0) is 29.8 Å². The van der Waals surface area contributed by atoms with Crippen LogP contribution in [-0.2, 0) is 6.54 Å². The summed E-state index contributed by atoms with van der Waals surface area (Å²) in [6, 6.07) is 12.9. The molecular weight excluding hydrogens is 387 g/mol. The molecule has 3 rings (SSSR count). The minimum Gasteiger partial charge on any atom is -0.508 e. The highest BCUT2D eigenvalue weighted by Crippen LogP contribution is 2.21. The van der Waals surface area contributed by atoms with E-state index in [1.807, 2.05) is 6.07 Å². The Morgan fingerprint density at radius 3 is 2.38 bits per heavy atom. The monoisotopic (exact) mass is 409 g/mol. The van der Waals surface area contributed by atoms with Crippen molar-refractivity contribution in [1.82, 2.24) is 10.2 Å². The van der Waals surface area contributed by atoms with Gasteiger partial charge >= 0.3 is 12.2 Å². The largest absolute Gasteiger partial charge is 0.508 e. The molecule has 2 amide bonds. The lowest BCUT2D eigenvalue weighted by atomic mass is 10.2. The van der Waals surface area contributed by atoms with Gasteiger partial charge in [-0.1, -0.05) is 18.2 Å². The van der Waals surface area contributed by atoms with Crippen molar-refractivity contribution in [2.45, 2.75) is 12.7 Å². The molecule has 0 unspecified atom stereocenters. The van der Waals surface area contributed by atoms with Gasteiger partial charge in [0.2, 0.25) is 0 Å². The summed E-state index contributed by atoms with van der Waals surface area (Å²) in [6.45, 7) is 1.34. The van der Waals surface area contributed by atoms with Gasteiger partial charge in [0, 0.05) is 44.5 Å². The predicted octanol–water partition coefficient (Wildman–Crippen LogP) is 3.37. The van der Waals surface area contributed by atoms with Crippen LogP contribution in [-0.4, -0.2) is 55.0 Å². The number of hydrogen-bond donors (Lipinski definition) is 2. The topological polar surface area (TPSA) is 65.0 Å². The number of urea groups is 1. The van der Waals surface area contributed by atoms with Gasteiger partial charge in [0.15, 0.2) is 6.61 Å². The fourth-order valence-corrected chi connectivity index (χ4v) is 3.02. The smallest absolute Gasteiger partial charge is 0.422 e. The number of nitrogens with one attached hydrogen (secondary N) is 1. The molecule has 0 bridgehead atoms. The SMILES string of the molecule is O=C(NCc1ccc(OCC(F)(F)F)cc1)N1CCN(c2cccc(O)c2)CC1. The van der Waals surface area contributed by atoms with Crippen LogP contribution in [0.5, 0.6) is 11.5 Å². The number of aromatic hydroxyl groups is 1. The van der Waals surface area contributed by atoms with Gasteiger partial charge in [0.05, 0.1) is 0 Å². The highest BCUT2D eigenvalue weighted by molar-refractivity contribution is 5.74. The second-order valence-electron chi connectivity index (χ2n) is 6.70. The number of anilines is 1. The molecule has 2 aromatic rings. The first-order valence-corrected chi connectivity index (χ1v) is 9.15. The molecule has 1 aliphatic heterocycles. The minimum atomic E-state index is -4.38. The quantitative estimate of drug-likeness (QED) is 0.795. The first kappa shape index (κ1) is 20.6. The van der Waals surface area contributed by atoms with Gasteiger partial charge < -0.3 is 25.0 Å². The zero-order valence-electron chi connectivity index (χ0n) is 15.7. The van der Waals surface area contributed by atoms with Crippen LogP contribution in [0.1, 0.15) is 5.56 Å². The Bertz CT molecular complexity index is 820. The number of phenolic OH excluding ortho intramolecular Hbond substituents is 1. The van der Waals surface area contributed by atoms with Crippen LogP contribution in [0.4, 0.5) is 23.7 Å². The van der Waals surface area contributed by atoms with Crippen molar-refractivity contribution in [2.75, 3.05) is 37.7 Å². The Labute approximate surface area is 166 Å². The van der Waals surface area contributed by atoms with E-state index in [-0.39, 0.29) is 24.1 Å². The van der Waals surface area contributed by atoms with Crippen LogP contribution in [0.25, 0.3) is 0 Å². The third-order valence-corrected chi connectivity index (χ3v) is 4.53. The molecule has 29 heavy (non-hydrogen) atoms. The number of carbonyl (C=O) groups is 1. The molecule has 0 aromatic heterocycles. The Balaban J connectivity index is 1.43. The number of halogens is 3. The molecule has 156 valence electrons. The van der Waals surface area contributed by atoms with Crippen LogP contribution >= 0.6 is 0 Å². The van der Waals surface area contributed by atoms with Crippen molar-refractivity contribution < 1.29 is 27.8 Å². The second kappa shape index (κ2) is 8.93. The number of benzene rings is 2. The van der Waals surface area contributed by atoms with E-state index in [4.69, 9.17) is 0 Å². The molecule has 1 heterocycles. The van der Waals surface area contributed by atoms with Gasteiger partial charge in [-0.25, -0.2) is 4.79 Å².